The van der Waals surface area contributed by atoms with Crippen LogP contribution in [-0.4, -0.2) is 54.8 Å². The molecule has 0 radical (unpaired) electrons. The number of hydrogen-bond acceptors (Lipinski definition) is 5. The molecule has 174 valence electrons. The van der Waals surface area contributed by atoms with Gasteiger partial charge in [0.25, 0.3) is 0 Å². The molecule has 1 aromatic heterocycles. The van der Waals surface area contributed by atoms with E-state index in [9.17, 15) is 8.42 Å². The van der Waals surface area contributed by atoms with Crippen molar-refractivity contribution in [3.63, 3.8) is 0 Å². The summed E-state index contributed by atoms with van der Waals surface area (Å²) in [6.45, 7) is 4.37. The molecule has 0 bridgehead atoms. The molecule has 2 saturated heterocycles. The molecule has 2 fully saturated rings. The Bertz CT molecular complexity index is 1190. The van der Waals surface area contributed by atoms with Crippen molar-refractivity contribution in [3.05, 3.63) is 66.2 Å². The molecule has 0 unspecified atom stereocenters. The summed E-state index contributed by atoms with van der Waals surface area (Å²) < 4.78 is 27.6. The zero-order valence-corrected chi connectivity index (χ0v) is 19.8. The van der Waals surface area contributed by atoms with Crippen molar-refractivity contribution < 1.29 is 8.42 Å². The van der Waals surface area contributed by atoms with Crippen LogP contribution in [0.3, 0.4) is 0 Å². The molecule has 1 N–H and O–H groups in total. The van der Waals surface area contributed by atoms with Crippen molar-refractivity contribution >= 4 is 26.7 Å². The van der Waals surface area contributed by atoms with Crippen LogP contribution >= 0.6 is 0 Å². The number of piperidine rings is 2. The average Bonchev–Trinajstić information content (AvgIpc) is 2.86. The molecule has 3 heterocycles. The predicted octanol–water partition coefficient (Wildman–Crippen LogP) is 4.49. The van der Waals surface area contributed by atoms with E-state index in [1.165, 1.54) is 5.56 Å². The minimum Gasteiger partial charge on any atom is -0.367 e. The van der Waals surface area contributed by atoms with Gasteiger partial charge in [0.05, 0.1) is 10.4 Å². The van der Waals surface area contributed by atoms with Gasteiger partial charge in [0.15, 0.2) is 0 Å². The lowest BCUT2D eigenvalue weighted by molar-refractivity contribution is 0.211. The SMILES string of the molecule is O=S(=O)(c1ccc2nc(NC3CCN(Cc4ccccc4)CC3)ccc2c1)N1CCCCC1. The Morgan fingerprint density at radius 1 is 0.879 bits per heavy atom. The minimum atomic E-state index is -3.43. The monoisotopic (exact) mass is 464 g/mol. The van der Waals surface area contributed by atoms with E-state index in [1.54, 1.807) is 16.4 Å². The number of benzene rings is 2. The lowest BCUT2D eigenvalue weighted by Gasteiger charge is -2.32. The van der Waals surface area contributed by atoms with E-state index in [-0.39, 0.29) is 0 Å². The highest BCUT2D eigenvalue weighted by molar-refractivity contribution is 7.89. The molecule has 3 aromatic rings. The van der Waals surface area contributed by atoms with Crippen LogP contribution in [0.25, 0.3) is 10.9 Å². The molecular formula is C26H32N4O2S. The Labute approximate surface area is 196 Å². The normalized spacial score (nSPS) is 19.0. The first-order valence-electron chi connectivity index (χ1n) is 12.0. The number of fused-ring (bicyclic) bond motifs is 1. The highest BCUT2D eigenvalue weighted by Crippen LogP contribution is 2.25. The molecule has 2 aliphatic rings. The lowest BCUT2D eigenvalue weighted by atomic mass is 10.0. The Balaban J connectivity index is 1.22. The highest BCUT2D eigenvalue weighted by Gasteiger charge is 2.26. The number of hydrogen-bond donors (Lipinski definition) is 1. The van der Waals surface area contributed by atoms with Crippen LogP contribution in [0.2, 0.25) is 0 Å². The first kappa shape index (κ1) is 22.3. The zero-order valence-electron chi connectivity index (χ0n) is 19.0. The lowest BCUT2D eigenvalue weighted by Crippen LogP contribution is -2.38. The second-order valence-corrected chi connectivity index (χ2v) is 11.1. The van der Waals surface area contributed by atoms with Crippen LogP contribution in [0.15, 0.2) is 65.6 Å². The molecule has 0 atom stereocenters. The van der Waals surface area contributed by atoms with Gasteiger partial charge in [-0.25, -0.2) is 13.4 Å². The summed E-state index contributed by atoms with van der Waals surface area (Å²) in [5.41, 5.74) is 2.18. The number of sulfonamides is 1. The molecular weight excluding hydrogens is 432 g/mol. The molecule has 33 heavy (non-hydrogen) atoms. The quantitative estimate of drug-likeness (QED) is 0.582. The van der Waals surface area contributed by atoms with Gasteiger partial charge in [-0.05, 0) is 61.6 Å². The molecule has 5 rings (SSSR count). The fraction of sp³-hybridized carbons (Fsp3) is 0.423. The van der Waals surface area contributed by atoms with Gasteiger partial charge in [-0.2, -0.15) is 4.31 Å². The molecule has 0 spiro atoms. The van der Waals surface area contributed by atoms with Gasteiger partial charge in [0.1, 0.15) is 5.82 Å². The van der Waals surface area contributed by atoms with Gasteiger partial charge in [-0.15, -0.1) is 0 Å². The minimum absolute atomic E-state index is 0.366. The van der Waals surface area contributed by atoms with E-state index in [2.05, 4.69) is 40.5 Å². The molecule has 2 aliphatic heterocycles. The number of likely N-dealkylation sites (tertiary alicyclic amines) is 1. The topological polar surface area (TPSA) is 65.5 Å². The number of nitrogens with one attached hydrogen (secondary N) is 1. The van der Waals surface area contributed by atoms with Crippen LogP contribution in [0, 0.1) is 0 Å². The smallest absolute Gasteiger partial charge is 0.243 e. The maximum Gasteiger partial charge on any atom is 0.243 e. The molecule has 7 heteroatoms. The molecule has 0 aliphatic carbocycles. The standard InChI is InChI=1S/C26H32N4O2S/c31-33(32,30-15-5-2-6-16-30)24-10-11-25-22(19-24)9-12-26(28-25)27-23-13-17-29(18-14-23)20-21-7-3-1-4-8-21/h1,3-4,7-12,19,23H,2,5-6,13-18,20H2,(H,27,28). The zero-order chi connectivity index (χ0) is 22.7. The van der Waals surface area contributed by atoms with Crippen molar-refractivity contribution in [3.8, 4) is 0 Å². The first-order chi connectivity index (χ1) is 16.1. The van der Waals surface area contributed by atoms with Crippen LogP contribution in [0.5, 0.6) is 0 Å². The largest absolute Gasteiger partial charge is 0.367 e. The van der Waals surface area contributed by atoms with E-state index < -0.39 is 10.0 Å². The Hall–Kier alpha value is -2.48. The van der Waals surface area contributed by atoms with E-state index in [1.807, 2.05) is 18.2 Å². The Kier molecular flexibility index (Phi) is 6.62. The molecule has 0 saturated carbocycles. The van der Waals surface area contributed by atoms with Crippen molar-refractivity contribution in [2.75, 3.05) is 31.5 Å². The van der Waals surface area contributed by atoms with Crippen LogP contribution < -0.4 is 5.32 Å². The van der Waals surface area contributed by atoms with E-state index in [0.717, 1.165) is 68.5 Å². The summed E-state index contributed by atoms with van der Waals surface area (Å²) in [5.74, 6) is 0.857. The van der Waals surface area contributed by atoms with Crippen LogP contribution in [0.4, 0.5) is 5.82 Å². The summed E-state index contributed by atoms with van der Waals surface area (Å²) in [7, 11) is -3.43. The first-order valence-corrected chi connectivity index (χ1v) is 13.5. The molecule has 6 nitrogen and oxygen atoms in total. The summed E-state index contributed by atoms with van der Waals surface area (Å²) in [5, 5.41) is 4.45. The van der Waals surface area contributed by atoms with Gasteiger partial charge in [0.2, 0.25) is 10.0 Å². The number of aromatic nitrogens is 1. The van der Waals surface area contributed by atoms with Crippen molar-refractivity contribution in [2.45, 2.75) is 49.6 Å². The summed E-state index contributed by atoms with van der Waals surface area (Å²) in [6.07, 6.45) is 5.15. The fourth-order valence-corrected chi connectivity index (χ4v) is 6.44. The van der Waals surface area contributed by atoms with Crippen molar-refractivity contribution in [2.24, 2.45) is 0 Å². The fourth-order valence-electron chi connectivity index (χ4n) is 4.89. The summed E-state index contributed by atoms with van der Waals surface area (Å²) in [6, 6.07) is 20.3. The maximum atomic E-state index is 13.0. The highest BCUT2D eigenvalue weighted by atomic mass is 32.2. The number of rotatable bonds is 6. The number of anilines is 1. The van der Waals surface area contributed by atoms with E-state index in [4.69, 9.17) is 4.98 Å². The third-order valence-corrected chi connectivity index (χ3v) is 8.70. The van der Waals surface area contributed by atoms with Crippen molar-refractivity contribution in [1.29, 1.82) is 0 Å². The average molecular weight is 465 g/mol. The number of nitrogens with zero attached hydrogens (tertiary/aromatic N) is 3. The van der Waals surface area contributed by atoms with Gasteiger partial charge in [-0.3, -0.25) is 4.90 Å². The van der Waals surface area contributed by atoms with Gasteiger partial charge >= 0.3 is 0 Å². The molecule has 0 amide bonds. The maximum absolute atomic E-state index is 13.0. The Morgan fingerprint density at radius 3 is 2.39 bits per heavy atom. The van der Waals surface area contributed by atoms with Gasteiger partial charge in [0, 0.05) is 44.2 Å². The second kappa shape index (κ2) is 9.79. The van der Waals surface area contributed by atoms with E-state index in [0.29, 0.717) is 24.0 Å². The van der Waals surface area contributed by atoms with Crippen molar-refractivity contribution in [1.82, 2.24) is 14.2 Å². The predicted molar refractivity (Wildman–Crippen MR) is 133 cm³/mol. The summed E-state index contributed by atoms with van der Waals surface area (Å²) in [4.78, 5) is 7.63. The van der Waals surface area contributed by atoms with E-state index >= 15 is 0 Å². The second-order valence-electron chi connectivity index (χ2n) is 9.20. The third-order valence-electron chi connectivity index (χ3n) is 6.80. The Morgan fingerprint density at radius 2 is 1.64 bits per heavy atom. The van der Waals surface area contributed by atoms with Crippen LogP contribution in [-0.2, 0) is 16.6 Å². The third kappa shape index (κ3) is 5.21. The van der Waals surface area contributed by atoms with Gasteiger partial charge in [-0.1, -0.05) is 36.8 Å². The van der Waals surface area contributed by atoms with Gasteiger partial charge < -0.3 is 5.32 Å². The summed E-state index contributed by atoms with van der Waals surface area (Å²) >= 11 is 0. The van der Waals surface area contributed by atoms with Crippen LogP contribution in [0.1, 0.15) is 37.7 Å². The number of pyridine rings is 1. The molecule has 2 aromatic carbocycles.